The van der Waals surface area contributed by atoms with Crippen LogP contribution in [0.3, 0.4) is 0 Å². The summed E-state index contributed by atoms with van der Waals surface area (Å²) < 4.78 is 1.42. The first-order valence-electron chi connectivity index (χ1n) is 9.00. The maximum absolute atomic E-state index is 3.37. The quantitative estimate of drug-likeness (QED) is 0.544. The van der Waals surface area contributed by atoms with Crippen LogP contribution in [0.2, 0.25) is 0 Å². The predicted molar refractivity (Wildman–Crippen MR) is 108 cm³/mol. The van der Waals surface area contributed by atoms with Crippen LogP contribution in [0.25, 0.3) is 0 Å². The fourth-order valence-corrected chi connectivity index (χ4v) is 3.93. The van der Waals surface area contributed by atoms with Crippen molar-refractivity contribution in [1.82, 2.24) is 0 Å². The van der Waals surface area contributed by atoms with Gasteiger partial charge in [0.2, 0.25) is 0 Å². The van der Waals surface area contributed by atoms with Gasteiger partial charge in [-0.25, -0.2) is 5.57 Å². The summed E-state index contributed by atoms with van der Waals surface area (Å²) in [6, 6.07) is 21.1. The number of benzene rings is 2. The van der Waals surface area contributed by atoms with Crippen LogP contribution < -0.4 is 24.8 Å². The van der Waals surface area contributed by atoms with E-state index in [-0.39, 0.29) is 24.8 Å². The Kier molecular flexibility index (Phi) is 10.9. The molecule has 0 N–H and O–H groups in total. The molecular formula is C25H23Cl2Zr-. The Morgan fingerprint density at radius 2 is 1.39 bits per heavy atom. The molecule has 0 atom stereocenters. The zero-order valence-electron chi connectivity index (χ0n) is 16.2. The summed E-state index contributed by atoms with van der Waals surface area (Å²) in [6.07, 6.45) is 12.1. The normalized spacial score (nSPS) is 14.3. The predicted octanol–water partition coefficient (Wildman–Crippen LogP) is 0.153. The topological polar surface area (TPSA) is 0 Å². The van der Waals surface area contributed by atoms with Crippen molar-refractivity contribution in [3.8, 4) is 0 Å². The fraction of sp³-hybridized carbons (Fsp3) is 0.160. The molecule has 2 aromatic carbocycles. The second kappa shape index (κ2) is 12.3. The first-order valence-corrected chi connectivity index (χ1v) is 10.2. The van der Waals surface area contributed by atoms with E-state index in [0.29, 0.717) is 0 Å². The van der Waals surface area contributed by atoms with Gasteiger partial charge >= 0.3 is 99.2 Å². The van der Waals surface area contributed by atoms with Gasteiger partial charge in [-0.3, -0.25) is 6.08 Å². The van der Waals surface area contributed by atoms with Crippen molar-refractivity contribution in [2.75, 3.05) is 0 Å². The van der Waals surface area contributed by atoms with E-state index in [0.717, 1.165) is 12.8 Å². The molecule has 0 amide bonds. The summed E-state index contributed by atoms with van der Waals surface area (Å²) in [7, 11) is 0. The molecule has 0 spiro atoms. The monoisotopic (exact) mass is 483 g/mol. The van der Waals surface area contributed by atoms with Crippen LogP contribution in [0.15, 0.2) is 101 Å². The summed E-state index contributed by atoms with van der Waals surface area (Å²) in [5, 5.41) is 0. The Hall–Kier alpha value is -1.27. The molecule has 0 heterocycles. The van der Waals surface area contributed by atoms with E-state index in [1.165, 1.54) is 60.9 Å². The molecule has 0 fully saturated rings. The molecule has 2 aliphatic rings. The molecule has 0 saturated heterocycles. The SMILES string of the molecule is CC1=[C-]CC(C2=CC=CC2)=C1C.[Cl-].[Cl-].[Zr+2]=[C](c1ccccc1)c1ccccc1. The van der Waals surface area contributed by atoms with Crippen molar-refractivity contribution in [3.63, 3.8) is 0 Å². The van der Waals surface area contributed by atoms with Crippen molar-refractivity contribution in [2.45, 2.75) is 26.7 Å². The Balaban J connectivity index is 0.000000264. The van der Waals surface area contributed by atoms with E-state index in [2.05, 4.69) is 98.8 Å². The number of allylic oxidation sites excluding steroid dienone is 8. The zero-order valence-corrected chi connectivity index (χ0v) is 20.1. The summed E-state index contributed by atoms with van der Waals surface area (Å²) in [6.45, 7) is 4.34. The van der Waals surface area contributed by atoms with E-state index < -0.39 is 0 Å². The number of halogens is 2. The Bertz CT molecular complexity index is 863. The number of hydrogen-bond donors (Lipinski definition) is 0. The Morgan fingerprint density at radius 3 is 1.79 bits per heavy atom. The molecule has 142 valence electrons. The van der Waals surface area contributed by atoms with Gasteiger partial charge in [-0.1, -0.05) is 30.7 Å². The summed E-state index contributed by atoms with van der Waals surface area (Å²) in [5.41, 5.74) is 8.41. The summed E-state index contributed by atoms with van der Waals surface area (Å²) in [4.78, 5) is 0. The number of rotatable bonds is 3. The number of hydrogen-bond acceptors (Lipinski definition) is 0. The maximum atomic E-state index is 3.37. The molecule has 28 heavy (non-hydrogen) atoms. The van der Waals surface area contributed by atoms with Crippen LogP contribution in [0.4, 0.5) is 0 Å². The molecular weight excluding hydrogens is 462 g/mol. The van der Waals surface area contributed by atoms with Crippen molar-refractivity contribution < 1.29 is 49.0 Å². The van der Waals surface area contributed by atoms with Crippen LogP contribution in [0, 0.1) is 6.08 Å². The molecule has 0 saturated carbocycles. The second-order valence-corrected chi connectivity index (χ2v) is 7.74. The second-order valence-electron chi connectivity index (χ2n) is 6.51. The third kappa shape index (κ3) is 6.38. The van der Waals surface area contributed by atoms with Crippen LogP contribution in [0.5, 0.6) is 0 Å². The zero-order chi connectivity index (χ0) is 18.4. The van der Waals surface area contributed by atoms with Gasteiger partial charge in [-0.15, -0.1) is 18.9 Å². The van der Waals surface area contributed by atoms with Crippen molar-refractivity contribution >= 4 is 3.21 Å². The molecule has 0 unspecified atom stereocenters. The van der Waals surface area contributed by atoms with Gasteiger partial charge in [0, 0.05) is 0 Å². The molecule has 0 bridgehead atoms. The summed E-state index contributed by atoms with van der Waals surface area (Å²) in [5.74, 6) is 0. The van der Waals surface area contributed by atoms with Crippen molar-refractivity contribution in [1.29, 1.82) is 0 Å². The minimum absolute atomic E-state index is 0. The van der Waals surface area contributed by atoms with E-state index in [1.807, 2.05) is 0 Å². The standard InChI is InChI=1S/C13H10.C12H13.2ClH.Zr/c1-3-7-12(8-4-1)11-13-9-5-2-6-10-13;1-9-7-8-12(10(9)2)11-5-3-4-6-11;;;/h1-10H;3-5H,6,8H2,1-2H3;2*1H;/q;-1;;;+2/p-2. The molecule has 4 rings (SSSR count). The molecule has 0 radical (unpaired) electrons. The minimum atomic E-state index is 0. The van der Waals surface area contributed by atoms with Crippen LogP contribution in [0.1, 0.15) is 37.8 Å². The van der Waals surface area contributed by atoms with Crippen molar-refractivity contribution in [2.24, 2.45) is 0 Å². The van der Waals surface area contributed by atoms with Gasteiger partial charge in [0.25, 0.3) is 0 Å². The van der Waals surface area contributed by atoms with Gasteiger partial charge in [0.05, 0.1) is 0 Å². The Labute approximate surface area is 196 Å². The molecule has 2 aliphatic carbocycles. The Morgan fingerprint density at radius 1 is 0.857 bits per heavy atom. The van der Waals surface area contributed by atoms with E-state index in [4.69, 9.17) is 0 Å². The average molecular weight is 486 g/mol. The third-order valence-corrected chi connectivity index (χ3v) is 6.25. The molecule has 3 heteroatoms. The van der Waals surface area contributed by atoms with Crippen molar-refractivity contribution in [3.05, 3.63) is 118 Å². The molecule has 0 aromatic heterocycles. The van der Waals surface area contributed by atoms with Gasteiger partial charge < -0.3 is 24.8 Å². The van der Waals surface area contributed by atoms with E-state index in [1.54, 1.807) is 0 Å². The van der Waals surface area contributed by atoms with Gasteiger partial charge in [-0.2, -0.15) is 5.57 Å². The van der Waals surface area contributed by atoms with Gasteiger partial charge in [0.1, 0.15) is 0 Å². The van der Waals surface area contributed by atoms with Crippen LogP contribution in [-0.2, 0) is 24.2 Å². The van der Waals surface area contributed by atoms with Gasteiger partial charge in [0.15, 0.2) is 0 Å². The van der Waals surface area contributed by atoms with Gasteiger partial charge in [-0.05, 0) is 6.42 Å². The first kappa shape index (κ1) is 24.8. The fourth-order valence-electron chi connectivity index (χ4n) is 3.11. The summed E-state index contributed by atoms with van der Waals surface area (Å²) >= 11 is 1.46. The van der Waals surface area contributed by atoms with Crippen LogP contribution >= 0.6 is 0 Å². The molecule has 0 nitrogen and oxygen atoms in total. The molecule has 0 aliphatic heterocycles. The third-order valence-electron chi connectivity index (χ3n) is 4.83. The van der Waals surface area contributed by atoms with Crippen LogP contribution in [-0.4, -0.2) is 3.21 Å². The van der Waals surface area contributed by atoms with E-state index in [9.17, 15) is 0 Å². The molecule has 2 aromatic rings. The first-order chi connectivity index (χ1) is 12.7. The van der Waals surface area contributed by atoms with E-state index >= 15 is 0 Å². The average Bonchev–Trinajstić information content (AvgIpc) is 3.34.